The van der Waals surface area contributed by atoms with Gasteiger partial charge in [-0.15, -0.1) is 0 Å². The van der Waals surface area contributed by atoms with E-state index in [9.17, 15) is 4.79 Å². The molecule has 0 amide bonds. The van der Waals surface area contributed by atoms with E-state index in [0.29, 0.717) is 0 Å². The van der Waals surface area contributed by atoms with Crippen LogP contribution in [0.25, 0.3) is 0 Å². The van der Waals surface area contributed by atoms with Crippen LogP contribution < -0.4 is 0 Å². The molecule has 1 unspecified atom stereocenters. The van der Waals surface area contributed by atoms with Gasteiger partial charge in [0.25, 0.3) is 0 Å². The van der Waals surface area contributed by atoms with E-state index in [-0.39, 0.29) is 0 Å². The van der Waals surface area contributed by atoms with Gasteiger partial charge in [-0.25, -0.2) is 0 Å². The first-order valence-corrected chi connectivity index (χ1v) is 2.57. The highest BCUT2D eigenvalue weighted by molar-refractivity contribution is 5.56. The summed E-state index contributed by atoms with van der Waals surface area (Å²) in [5.41, 5.74) is 0. The molecule has 0 aliphatic heterocycles. The summed E-state index contributed by atoms with van der Waals surface area (Å²) in [5.74, 6) is 0. The molecule has 0 rings (SSSR count). The summed E-state index contributed by atoms with van der Waals surface area (Å²) >= 11 is 0. The lowest BCUT2D eigenvalue weighted by Crippen LogP contribution is -2.46. The number of aliphatic hydroxyl groups excluding tert-OH is 1. The van der Waals surface area contributed by atoms with Gasteiger partial charge in [-0.1, -0.05) is 0 Å². The Morgan fingerprint density at radius 3 is 2.58 bits per heavy atom. The molecule has 6 heteroatoms. The van der Waals surface area contributed by atoms with Crippen molar-refractivity contribution in [3.05, 3.63) is 0 Å². The molecule has 0 aromatic rings. The summed E-state index contributed by atoms with van der Waals surface area (Å²) in [6.07, 6.45) is -17.6. The zero-order valence-corrected chi connectivity index (χ0v) is 5.57. The fourth-order valence-electron chi connectivity index (χ4n) is 0.320. The molecule has 5 N–H and O–H groups in total. The monoisotopic (exact) mass is 190 g/mol. The van der Waals surface area contributed by atoms with Gasteiger partial charge >= 0.3 is 0 Å². The molecule has 6 nitrogen and oxygen atoms in total. The molecule has 72 valence electrons. The highest BCUT2D eigenvalue weighted by Gasteiger charge is 2.29. The Morgan fingerprint density at radius 2 is 2.25 bits per heavy atom. The lowest BCUT2D eigenvalue weighted by atomic mass is 10.0. The second kappa shape index (κ2) is 5.18. The number of hydrogen-bond acceptors (Lipinski definition) is 6. The second-order valence-electron chi connectivity index (χ2n) is 1.58. The van der Waals surface area contributed by atoms with E-state index in [1.807, 2.05) is 0 Å². The van der Waals surface area contributed by atoms with Crippen molar-refractivity contribution in [3.8, 4) is 0 Å². The van der Waals surface area contributed by atoms with Crippen LogP contribution in [-0.2, 0) is 4.79 Å². The van der Waals surface area contributed by atoms with E-state index >= 15 is 0 Å². The SMILES string of the molecule is [2H]O[C@@]([2H])([C@]([2H])(O[2H])[C@]([2H])(O[2H])C([2H])O)[C@@]([2H])(O[2H])C([2H])=O. The number of aliphatic hydroxyl groups is 5. The molecule has 12 heavy (non-hydrogen) atoms. The fourth-order valence-corrected chi connectivity index (χ4v) is 0.320. The first-order valence-electron chi connectivity index (χ1n) is 7.28. The van der Waals surface area contributed by atoms with Crippen molar-refractivity contribution in [3.63, 3.8) is 0 Å². The quantitative estimate of drug-likeness (QED) is 0.242. The van der Waals surface area contributed by atoms with Gasteiger partial charge in [0.15, 0.2) is 6.26 Å². The molecule has 0 aliphatic rings. The van der Waals surface area contributed by atoms with Crippen LogP contribution in [0.4, 0.5) is 0 Å². The molecule has 0 aliphatic carbocycles. The lowest BCUT2D eigenvalue weighted by Gasteiger charge is -2.22. The molecule has 0 aromatic heterocycles. The van der Waals surface area contributed by atoms with Gasteiger partial charge in [-0.05, 0) is 0 Å². The van der Waals surface area contributed by atoms with E-state index in [1.165, 1.54) is 0 Å². The fraction of sp³-hybridized carbons (Fsp3) is 0.833. The molecule has 0 aromatic carbocycles. The Labute approximate surface area is 83.1 Å². The van der Waals surface area contributed by atoms with Gasteiger partial charge in [0, 0.05) is 0 Å². The van der Waals surface area contributed by atoms with E-state index < -0.39 is 37.2 Å². The molecule has 0 heterocycles. The first kappa shape index (κ1) is 3.00. The first-order chi connectivity index (χ1) is 9.88. The van der Waals surface area contributed by atoms with Crippen LogP contribution in [0.15, 0.2) is 0 Å². The molecular formula is C6H12O6. The molecule has 0 fully saturated rings. The summed E-state index contributed by atoms with van der Waals surface area (Å²) in [6.45, 7) is -2.87. The predicted molar refractivity (Wildman–Crippen MR) is 37.2 cm³/mol. The maximum atomic E-state index is 11.1. The third kappa shape index (κ3) is 2.84. The molecule has 0 radical (unpaired) electrons. The zero-order chi connectivity index (χ0) is 18.0. The number of carbonyl (C=O) groups excluding carboxylic acids is 1. The van der Waals surface area contributed by atoms with Crippen LogP contribution in [0.2, 0.25) is 0 Å². The molecule has 5 atom stereocenters. The molecular weight excluding hydrogens is 168 g/mol. The largest absolute Gasteiger partial charge is 0.394 e. The average molecular weight is 190 g/mol. The van der Waals surface area contributed by atoms with E-state index in [4.69, 9.17) is 19.1 Å². The maximum absolute atomic E-state index is 11.1. The summed E-state index contributed by atoms with van der Waals surface area (Å²) in [6, 6.07) is 0. The molecule has 0 saturated carbocycles. The number of hydrogen-bond donors (Lipinski definition) is 5. The summed E-state index contributed by atoms with van der Waals surface area (Å²) < 4.78 is 70.8. The van der Waals surface area contributed by atoms with Crippen molar-refractivity contribution < 1.29 is 38.6 Å². The smallest absolute Gasteiger partial charge is 0.211 e. The van der Waals surface area contributed by atoms with Gasteiger partial charge in [0.2, 0.25) is 5.72 Å². The van der Waals surface area contributed by atoms with Crippen molar-refractivity contribution in [1.82, 2.24) is 0 Å². The predicted octanol–water partition coefficient (Wildman–Crippen LogP) is -3.38. The van der Waals surface area contributed by atoms with Crippen molar-refractivity contribution in [2.75, 3.05) is 6.58 Å². The number of aldehydes is 1. The van der Waals surface area contributed by atoms with Crippen molar-refractivity contribution >= 4 is 6.26 Å². The Hall–Kier alpha value is -0.530. The van der Waals surface area contributed by atoms with Crippen molar-refractivity contribution in [2.45, 2.75) is 24.3 Å². The van der Waals surface area contributed by atoms with Gasteiger partial charge in [-0.2, -0.15) is 0 Å². The Kier molecular flexibility index (Phi) is 1.29. The Bertz CT molecular complexity index is 413. The molecule has 0 spiro atoms. The van der Waals surface area contributed by atoms with Gasteiger partial charge in [0.05, 0.1) is 13.4 Å². The van der Waals surface area contributed by atoms with Crippen molar-refractivity contribution in [1.29, 1.82) is 5.72 Å². The zero-order valence-electron chi connectivity index (χ0n) is 15.6. The minimum atomic E-state index is -3.98. The van der Waals surface area contributed by atoms with Crippen LogP contribution in [0.1, 0.15) is 8.22 Å². The third-order valence-corrected chi connectivity index (χ3v) is 0.846. The van der Waals surface area contributed by atoms with Crippen LogP contribution in [0, 0.1) is 0 Å². The lowest BCUT2D eigenvalue weighted by molar-refractivity contribution is -0.136. The summed E-state index contributed by atoms with van der Waals surface area (Å²) in [7, 11) is 0. The Balaban J connectivity index is 6.53. The van der Waals surface area contributed by atoms with Crippen LogP contribution in [0.5, 0.6) is 0 Å². The number of rotatable bonds is 9. The summed E-state index contributed by atoms with van der Waals surface area (Å²) in [5, 5.41) is 23.6. The standard InChI is InChI=1S/C6H12O6/c7-1-3(9)5(11)6(12)4(10)2-8/h1,3-6,8-12H,2H2/t3-,4+,5+,6+/m0/s1/i1D,2D,3D,4D,5D,6D,9D,10D,11D,12D/t2?,3-,4+,5+,6+. The van der Waals surface area contributed by atoms with Gasteiger partial charge < -0.3 is 30.3 Å². The minimum Gasteiger partial charge on any atom is -0.394 e. The van der Waals surface area contributed by atoms with E-state index in [2.05, 4.69) is 20.4 Å². The van der Waals surface area contributed by atoms with Crippen LogP contribution >= 0.6 is 0 Å². The molecule has 0 bridgehead atoms. The number of carbonyl (C=O) groups is 1. The van der Waals surface area contributed by atoms with Crippen LogP contribution in [0.3, 0.4) is 0 Å². The highest BCUT2D eigenvalue weighted by atomic mass is 16.4. The van der Waals surface area contributed by atoms with E-state index in [1.54, 1.807) is 0 Å². The highest BCUT2D eigenvalue weighted by Crippen LogP contribution is 2.02. The van der Waals surface area contributed by atoms with E-state index in [0.717, 1.165) is 0 Å². The summed E-state index contributed by atoms with van der Waals surface area (Å²) in [4.78, 5) is 11.1. The maximum Gasteiger partial charge on any atom is 0.211 e. The molecule has 0 saturated heterocycles. The van der Waals surface area contributed by atoms with Gasteiger partial charge in [0.1, 0.15) is 25.7 Å². The minimum absolute atomic E-state index is 2.20. The third-order valence-electron chi connectivity index (χ3n) is 0.846. The Morgan fingerprint density at radius 1 is 1.50 bits per heavy atom. The topological polar surface area (TPSA) is 118 Å². The van der Waals surface area contributed by atoms with Crippen molar-refractivity contribution in [2.24, 2.45) is 0 Å². The average Bonchev–Trinajstić information content (AvgIpc) is 2.50. The van der Waals surface area contributed by atoms with Crippen LogP contribution in [-0.4, -0.2) is 68.4 Å². The normalized spacial score (nSPS) is 45.8. The second-order valence-corrected chi connectivity index (χ2v) is 1.58. The van der Waals surface area contributed by atoms with Gasteiger partial charge in [-0.3, -0.25) is 0 Å².